The molecule has 3 nitrogen and oxygen atoms in total. The Morgan fingerprint density at radius 1 is 1.30 bits per heavy atom. The van der Waals surface area contributed by atoms with E-state index in [4.69, 9.17) is 11.6 Å². The first-order chi connectivity index (χ1) is 9.27. The molecule has 0 saturated heterocycles. The highest BCUT2D eigenvalue weighted by Gasteiger charge is 2.36. The topological polar surface area (TPSA) is 37.4 Å². The largest absolute Gasteiger partial charge is 0.243 e. The molecule has 5 heteroatoms. The molecule has 2 unspecified atom stereocenters. The molecule has 20 heavy (non-hydrogen) atoms. The van der Waals surface area contributed by atoms with Gasteiger partial charge in [0.15, 0.2) is 0 Å². The molecule has 0 radical (unpaired) electrons. The monoisotopic (exact) mass is 315 g/mol. The van der Waals surface area contributed by atoms with Gasteiger partial charge in [-0.1, -0.05) is 13.0 Å². The average Bonchev–Trinajstić information content (AvgIpc) is 3.04. The maximum absolute atomic E-state index is 12.7. The maximum atomic E-state index is 12.7. The normalized spacial score (nSPS) is 22.3. The second kappa shape index (κ2) is 5.66. The smallest absolute Gasteiger partial charge is 0.207 e. The Hall–Kier alpha value is -0.580. The molecule has 0 aliphatic heterocycles. The molecule has 1 fully saturated rings. The molecule has 0 amide bonds. The van der Waals surface area contributed by atoms with Crippen LogP contribution in [-0.2, 0) is 15.9 Å². The minimum atomic E-state index is -3.42. The first-order valence-corrected chi connectivity index (χ1v) is 8.87. The first kappa shape index (κ1) is 15.8. The number of rotatable bonds is 5. The Morgan fingerprint density at radius 3 is 2.40 bits per heavy atom. The minimum absolute atomic E-state index is 0.331. The Bertz CT molecular complexity index is 613. The average molecular weight is 316 g/mol. The molecule has 1 saturated carbocycles. The molecule has 2 rings (SSSR count). The third kappa shape index (κ3) is 3.02. The summed E-state index contributed by atoms with van der Waals surface area (Å²) >= 11 is 5.89. The second-order valence-corrected chi connectivity index (χ2v) is 8.22. The number of hydrogen-bond acceptors (Lipinski definition) is 2. The lowest BCUT2D eigenvalue weighted by molar-refractivity contribution is 0.444. The summed E-state index contributed by atoms with van der Waals surface area (Å²) < 4.78 is 26.9. The molecular formula is C15H22ClNO2S. The third-order valence-electron chi connectivity index (χ3n) is 4.23. The molecule has 0 N–H and O–H groups in total. The van der Waals surface area contributed by atoms with Crippen molar-refractivity contribution in [2.45, 2.75) is 38.0 Å². The lowest BCUT2D eigenvalue weighted by Gasteiger charge is -2.19. The van der Waals surface area contributed by atoms with Gasteiger partial charge in [0.25, 0.3) is 0 Å². The van der Waals surface area contributed by atoms with Crippen molar-refractivity contribution >= 4 is 21.6 Å². The first-order valence-electron chi connectivity index (χ1n) is 6.89. The summed E-state index contributed by atoms with van der Waals surface area (Å²) in [6.45, 7) is 6.56. The minimum Gasteiger partial charge on any atom is -0.207 e. The molecule has 1 aromatic rings. The van der Waals surface area contributed by atoms with Crippen molar-refractivity contribution in [1.82, 2.24) is 4.31 Å². The zero-order chi connectivity index (χ0) is 15.1. The van der Waals surface area contributed by atoms with E-state index < -0.39 is 10.0 Å². The van der Waals surface area contributed by atoms with Crippen molar-refractivity contribution in [1.29, 1.82) is 0 Å². The van der Waals surface area contributed by atoms with Gasteiger partial charge in [0, 0.05) is 19.5 Å². The van der Waals surface area contributed by atoms with Gasteiger partial charge in [0.2, 0.25) is 10.0 Å². The predicted molar refractivity (Wildman–Crippen MR) is 82.6 cm³/mol. The van der Waals surface area contributed by atoms with E-state index in [1.807, 2.05) is 19.9 Å². The van der Waals surface area contributed by atoms with Crippen LogP contribution in [0.15, 0.2) is 17.0 Å². The number of alkyl halides is 1. The van der Waals surface area contributed by atoms with Crippen LogP contribution in [0.2, 0.25) is 0 Å². The number of sulfonamides is 1. The fraction of sp³-hybridized carbons (Fsp3) is 0.600. The summed E-state index contributed by atoms with van der Waals surface area (Å²) in [6.07, 6.45) is 1.12. The lowest BCUT2D eigenvalue weighted by atomic mass is 10.1. The van der Waals surface area contributed by atoms with Crippen LogP contribution >= 0.6 is 11.6 Å². The Morgan fingerprint density at radius 2 is 1.90 bits per heavy atom. The van der Waals surface area contributed by atoms with Crippen molar-refractivity contribution in [3.8, 4) is 0 Å². The Balaban J connectivity index is 2.33. The number of aryl methyl sites for hydroxylation is 2. The number of halogens is 1. The summed E-state index contributed by atoms with van der Waals surface area (Å²) in [7, 11) is -1.76. The number of hydrogen-bond donors (Lipinski definition) is 0. The van der Waals surface area contributed by atoms with Crippen LogP contribution < -0.4 is 0 Å². The van der Waals surface area contributed by atoms with E-state index in [1.165, 1.54) is 4.31 Å². The highest BCUT2D eigenvalue weighted by Crippen LogP contribution is 2.39. The highest BCUT2D eigenvalue weighted by molar-refractivity contribution is 7.89. The summed E-state index contributed by atoms with van der Waals surface area (Å²) in [5.74, 6) is 1.48. The van der Waals surface area contributed by atoms with Gasteiger partial charge in [-0.2, -0.15) is 0 Å². The summed E-state index contributed by atoms with van der Waals surface area (Å²) in [4.78, 5) is 0.384. The standard InChI is InChI=1S/C15H22ClNO2S/c1-10-5-12(3)15(7-13(10)8-16)20(18,19)17(4)9-14-6-11(14)2/h5,7,11,14H,6,8-9H2,1-4H3. The maximum Gasteiger partial charge on any atom is 0.243 e. The van der Waals surface area contributed by atoms with Crippen molar-refractivity contribution in [3.63, 3.8) is 0 Å². The van der Waals surface area contributed by atoms with Gasteiger partial charge in [0.05, 0.1) is 4.90 Å². The molecule has 0 spiro atoms. The molecule has 1 aliphatic carbocycles. The van der Waals surface area contributed by atoms with Crippen LogP contribution in [0.25, 0.3) is 0 Å². The second-order valence-electron chi connectivity index (χ2n) is 5.94. The molecular weight excluding hydrogens is 294 g/mol. The highest BCUT2D eigenvalue weighted by atomic mass is 35.5. The van der Waals surface area contributed by atoms with Crippen LogP contribution in [0.3, 0.4) is 0 Å². The van der Waals surface area contributed by atoms with Gasteiger partial charge in [-0.15, -0.1) is 11.6 Å². The Labute approximate surface area is 127 Å². The molecule has 1 aromatic carbocycles. The van der Waals surface area contributed by atoms with E-state index in [1.54, 1.807) is 13.1 Å². The van der Waals surface area contributed by atoms with Crippen LogP contribution in [0.5, 0.6) is 0 Å². The van der Waals surface area contributed by atoms with Gasteiger partial charge in [0.1, 0.15) is 0 Å². The van der Waals surface area contributed by atoms with E-state index >= 15 is 0 Å². The van der Waals surface area contributed by atoms with Crippen molar-refractivity contribution in [2.75, 3.05) is 13.6 Å². The van der Waals surface area contributed by atoms with Crippen LogP contribution in [0.4, 0.5) is 0 Å². The fourth-order valence-corrected chi connectivity index (χ4v) is 4.31. The third-order valence-corrected chi connectivity index (χ3v) is 6.49. The van der Waals surface area contributed by atoms with Crippen molar-refractivity contribution in [3.05, 3.63) is 28.8 Å². The van der Waals surface area contributed by atoms with Gasteiger partial charge in [-0.3, -0.25) is 0 Å². The van der Waals surface area contributed by atoms with Crippen LogP contribution in [0.1, 0.15) is 30.0 Å². The zero-order valence-electron chi connectivity index (χ0n) is 12.5. The summed E-state index contributed by atoms with van der Waals surface area (Å²) in [5.41, 5.74) is 2.70. The van der Waals surface area contributed by atoms with E-state index in [0.717, 1.165) is 23.1 Å². The van der Waals surface area contributed by atoms with Gasteiger partial charge < -0.3 is 0 Å². The molecule has 112 valence electrons. The molecule has 0 aromatic heterocycles. The number of nitrogens with zero attached hydrogens (tertiary/aromatic N) is 1. The summed E-state index contributed by atoms with van der Waals surface area (Å²) in [6, 6.07) is 3.62. The number of benzene rings is 1. The van der Waals surface area contributed by atoms with Crippen LogP contribution in [-0.4, -0.2) is 26.3 Å². The van der Waals surface area contributed by atoms with Crippen LogP contribution in [0, 0.1) is 25.7 Å². The van der Waals surface area contributed by atoms with Gasteiger partial charge in [-0.05, 0) is 54.9 Å². The quantitative estimate of drug-likeness (QED) is 0.782. The fourth-order valence-electron chi connectivity index (χ4n) is 2.55. The van der Waals surface area contributed by atoms with E-state index in [2.05, 4.69) is 6.92 Å². The zero-order valence-corrected chi connectivity index (χ0v) is 14.1. The lowest BCUT2D eigenvalue weighted by Crippen LogP contribution is -2.30. The SMILES string of the molecule is Cc1cc(C)c(S(=O)(=O)N(C)CC2CC2C)cc1CCl. The van der Waals surface area contributed by atoms with Gasteiger partial charge in [-0.25, -0.2) is 12.7 Å². The van der Waals surface area contributed by atoms with Crippen molar-refractivity contribution < 1.29 is 8.42 Å². The molecule has 0 heterocycles. The Kier molecular flexibility index (Phi) is 4.47. The van der Waals surface area contributed by atoms with Crippen molar-refractivity contribution in [2.24, 2.45) is 11.8 Å². The van der Waals surface area contributed by atoms with E-state index in [9.17, 15) is 8.42 Å². The predicted octanol–water partition coefficient (Wildman–Crippen LogP) is 3.32. The van der Waals surface area contributed by atoms with E-state index in [-0.39, 0.29) is 0 Å². The molecule has 1 aliphatic rings. The summed E-state index contributed by atoms with van der Waals surface area (Å²) in [5, 5.41) is 0. The van der Waals surface area contributed by atoms with E-state index in [0.29, 0.717) is 29.2 Å². The molecule has 0 bridgehead atoms. The van der Waals surface area contributed by atoms with Gasteiger partial charge >= 0.3 is 0 Å². The molecule has 2 atom stereocenters.